The topological polar surface area (TPSA) is 76.4 Å². The van der Waals surface area contributed by atoms with Crippen LogP contribution >= 0.6 is 0 Å². The van der Waals surface area contributed by atoms with Gasteiger partial charge in [-0.25, -0.2) is 0 Å². The zero-order valence-electron chi connectivity index (χ0n) is 17.4. The number of benzene rings is 1. The maximum Gasteiger partial charge on any atom is 0.191 e. The molecule has 0 fully saturated rings. The van der Waals surface area contributed by atoms with Gasteiger partial charge in [0.15, 0.2) is 5.96 Å². The van der Waals surface area contributed by atoms with Crippen molar-refractivity contribution in [1.82, 2.24) is 25.4 Å². The van der Waals surface area contributed by atoms with E-state index < -0.39 is 0 Å². The van der Waals surface area contributed by atoms with Gasteiger partial charge >= 0.3 is 0 Å². The molecule has 0 radical (unpaired) electrons. The molecule has 2 N–H and O–H groups in total. The molecule has 0 amide bonds. The largest absolute Gasteiger partial charge is 0.496 e. The van der Waals surface area contributed by atoms with E-state index in [1.165, 1.54) is 11.1 Å². The van der Waals surface area contributed by atoms with Gasteiger partial charge < -0.3 is 15.4 Å². The van der Waals surface area contributed by atoms with Crippen molar-refractivity contribution < 1.29 is 4.74 Å². The lowest BCUT2D eigenvalue weighted by Gasteiger charge is -2.16. The highest BCUT2D eigenvalue weighted by Crippen LogP contribution is 2.23. The second-order valence-corrected chi connectivity index (χ2v) is 6.80. The Morgan fingerprint density at radius 1 is 1.10 bits per heavy atom. The number of aliphatic imine (C=N–C) groups is 1. The van der Waals surface area contributed by atoms with Crippen LogP contribution in [0.1, 0.15) is 27.9 Å². The van der Waals surface area contributed by atoms with Crippen molar-refractivity contribution in [1.29, 1.82) is 0 Å². The number of ether oxygens (including phenoxy) is 1. The normalized spacial score (nSPS) is 11.4. The number of guanidine groups is 1. The van der Waals surface area contributed by atoms with Crippen molar-refractivity contribution in [3.05, 3.63) is 76.9 Å². The average molecular weight is 393 g/mol. The van der Waals surface area contributed by atoms with Gasteiger partial charge in [-0.15, -0.1) is 0 Å². The molecule has 1 aromatic carbocycles. The van der Waals surface area contributed by atoms with E-state index in [9.17, 15) is 0 Å². The minimum absolute atomic E-state index is 0.567. The molecule has 7 nitrogen and oxygen atoms in total. The Hall–Kier alpha value is -3.35. The number of hydrogen-bond donors (Lipinski definition) is 2. The van der Waals surface area contributed by atoms with Gasteiger partial charge in [-0.3, -0.25) is 14.7 Å². The van der Waals surface area contributed by atoms with Crippen molar-refractivity contribution in [2.45, 2.75) is 33.5 Å². The fourth-order valence-electron chi connectivity index (χ4n) is 3.27. The molecule has 3 rings (SSSR count). The molecule has 0 aliphatic carbocycles. The molecular formula is C22H28N6O. The number of rotatable bonds is 7. The number of nitrogens with zero attached hydrogens (tertiary/aromatic N) is 4. The molecule has 0 unspecified atom stereocenters. The summed E-state index contributed by atoms with van der Waals surface area (Å²) in [6, 6.07) is 10.3. The van der Waals surface area contributed by atoms with E-state index in [2.05, 4.69) is 43.9 Å². The van der Waals surface area contributed by atoms with Gasteiger partial charge in [0.2, 0.25) is 0 Å². The van der Waals surface area contributed by atoms with Gasteiger partial charge in [0.1, 0.15) is 5.75 Å². The van der Waals surface area contributed by atoms with Crippen molar-refractivity contribution >= 4 is 5.96 Å². The quantitative estimate of drug-likeness (QED) is 0.478. The summed E-state index contributed by atoms with van der Waals surface area (Å²) in [4.78, 5) is 8.86. The Bertz CT molecular complexity index is 965. The third-order valence-electron chi connectivity index (χ3n) is 4.85. The monoisotopic (exact) mass is 392 g/mol. The van der Waals surface area contributed by atoms with E-state index in [1.54, 1.807) is 20.4 Å². The molecule has 0 bridgehead atoms. The maximum absolute atomic E-state index is 5.49. The van der Waals surface area contributed by atoms with Crippen LogP contribution in [-0.2, 0) is 19.6 Å². The van der Waals surface area contributed by atoms with Gasteiger partial charge in [0.05, 0.1) is 25.9 Å². The molecule has 0 atom stereocenters. The fraction of sp³-hybridized carbons (Fsp3) is 0.318. The molecule has 3 aromatic rings. The Morgan fingerprint density at radius 2 is 1.86 bits per heavy atom. The van der Waals surface area contributed by atoms with Crippen molar-refractivity contribution in [2.75, 3.05) is 14.2 Å². The van der Waals surface area contributed by atoms with E-state index in [1.807, 2.05) is 43.1 Å². The Balaban J connectivity index is 1.62. The van der Waals surface area contributed by atoms with Crippen LogP contribution in [0.2, 0.25) is 0 Å². The molecule has 0 saturated carbocycles. The lowest BCUT2D eigenvalue weighted by atomic mass is 10.1. The first-order chi connectivity index (χ1) is 14.1. The third kappa shape index (κ3) is 5.13. The summed E-state index contributed by atoms with van der Waals surface area (Å²) in [5, 5.41) is 11.0. The second kappa shape index (κ2) is 9.73. The first-order valence-electron chi connectivity index (χ1n) is 9.60. The lowest BCUT2D eigenvalue weighted by Crippen LogP contribution is -2.37. The first kappa shape index (κ1) is 20.4. The van der Waals surface area contributed by atoms with Gasteiger partial charge in [-0.1, -0.05) is 24.3 Å². The van der Waals surface area contributed by atoms with Crippen LogP contribution < -0.4 is 15.4 Å². The van der Waals surface area contributed by atoms with Crippen molar-refractivity contribution in [3.8, 4) is 5.75 Å². The molecule has 0 aliphatic heterocycles. The first-order valence-corrected chi connectivity index (χ1v) is 9.60. The number of hydrogen-bond acceptors (Lipinski definition) is 4. The highest BCUT2D eigenvalue weighted by Gasteiger charge is 2.10. The number of aromatic nitrogens is 3. The predicted octanol–water partition coefficient (Wildman–Crippen LogP) is 2.82. The zero-order chi connectivity index (χ0) is 20.6. The van der Waals surface area contributed by atoms with E-state index in [0.29, 0.717) is 13.1 Å². The average Bonchev–Trinajstić information content (AvgIpc) is 3.24. The van der Waals surface area contributed by atoms with Gasteiger partial charge in [0.25, 0.3) is 0 Å². The van der Waals surface area contributed by atoms with Crippen LogP contribution in [0, 0.1) is 13.8 Å². The molecule has 29 heavy (non-hydrogen) atoms. The van der Waals surface area contributed by atoms with Crippen LogP contribution in [0.4, 0.5) is 0 Å². The molecule has 152 valence electrons. The SMILES string of the molecule is CN=C(NCc1ccccc1Cn1cccn1)NCc1ncc(C)c(OC)c1C. The molecule has 2 aromatic heterocycles. The zero-order valence-corrected chi connectivity index (χ0v) is 17.4. The van der Waals surface area contributed by atoms with E-state index >= 15 is 0 Å². The standard InChI is InChI=1S/C22H28N6O/c1-16-12-24-20(17(2)21(16)29-4)14-26-22(23-3)25-13-18-8-5-6-9-19(18)15-28-11-7-10-27-28/h5-12H,13-15H2,1-4H3,(H2,23,25,26). The fourth-order valence-corrected chi connectivity index (χ4v) is 3.27. The second-order valence-electron chi connectivity index (χ2n) is 6.80. The lowest BCUT2D eigenvalue weighted by molar-refractivity contribution is 0.406. The Labute approximate surface area is 171 Å². The van der Waals surface area contributed by atoms with Gasteiger partial charge in [-0.2, -0.15) is 5.10 Å². The van der Waals surface area contributed by atoms with Crippen LogP contribution in [-0.4, -0.2) is 34.9 Å². The molecular weight excluding hydrogens is 364 g/mol. The van der Waals surface area contributed by atoms with Crippen LogP contribution in [0.5, 0.6) is 5.75 Å². The molecule has 7 heteroatoms. The van der Waals surface area contributed by atoms with Gasteiger partial charge in [-0.05, 0) is 31.0 Å². The summed E-state index contributed by atoms with van der Waals surface area (Å²) in [6.07, 6.45) is 5.60. The van der Waals surface area contributed by atoms with Crippen LogP contribution in [0.25, 0.3) is 0 Å². The van der Waals surface area contributed by atoms with Crippen LogP contribution in [0.3, 0.4) is 0 Å². The predicted molar refractivity (Wildman–Crippen MR) is 115 cm³/mol. The minimum Gasteiger partial charge on any atom is -0.496 e. The number of pyridine rings is 1. The Morgan fingerprint density at radius 3 is 2.55 bits per heavy atom. The maximum atomic E-state index is 5.49. The summed E-state index contributed by atoms with van der Waals surface area (Å²) in [7, 11) is 3.45. The minimum atomic E-state index is 0.567. The third-order valence-corrected chi connectivity index (χ3v) is 4.85. The van der Waals surface area contributed by atoms with E-state index in [0.717, 1.165) is 35.1 Å². The number of methoxy groups -OCH3 is 1. The number of aryl methyl sites for hydroxylation is 1. The van der Waals surface area contributed by atoms with E-state index in [-0.39, 0.29) is 0 Å². The van der Waals surface area contributed by atoms with Crippen molar-refractivity contribution in [2.24, 2.45) is 4.99 Å². The number of nitrogens with one attached hydrogen (secondary N) is 2. The van der Waals surface area contributed by atoms with Crippen molar-refractivity contribution in [3.63, 3.8) is 0 Å². The summed E-state index contributed by atoms with van der Waals surface area (Å²) >= 11 is 0. The van der Waals surface area contributed by atoms with E-state index in [4.69, 9.17) is 4.74 Å². The molecule has 0 spiro atoms. The Kier molecular flexibility index (Phi) is 6.84. The molecule has 0 saturated heterocycles. The molecule has 0 aliphatic rings. The smallest absolute Gasteiger partial charge is 0.191 e. The highest BCUT2D eigenvalue weighted by atomic mass is 16.5. The van der Waals surface area contributed by atoms with Crippen LogP contribution in [0.15, 0.2) is 53.9 Å². The highest BCUT2D eigenvalue weighted by molar-refractivity contribution is 5.79. The summed E-state index contributed by atoms with van der Waals surface area (Å²) in [6.45, 7) is 6.00. The summed E-state index contributed by atoms with van der Waals surface area (Å²) < 4.78 is 7.41. The summed E-state index contributed by atoms with van der Waals surface area (Å²) in [5.41, 5.74) is 5.44. The van der Waals surface area contributed by atoms with Gasteiger partial charge in [0, 0.05) is 43.3 Å². The summed E-state index contributed by atoms with van der Waals surface area (Å²) in [5.74, 6) is 1.60. The molecule has 2 heterocycles.